The molecule has 0 radical (unpaired) electrons. The second-order valence-electron chi connectivity index (χ2n) is 5.26. The molecule has 0 aliphatic carbocycles. The van der Waals surface area contributed by atoms with Gasteiger partial charge in [0.05, 0.1) is 17.8 Å². The van der Waals surface area contributed by atoms with Crippen molar-refractivity contribution >= 4 is 22.9 Å². The average Bonchev–Trinajstić information content (AvgIpc) is 3.00. The molecule has 3 aromatic rings. The molecular formula is C17H14FN3O2S. The monoisotopic (exact) mass is 343 g/mol. The van der Waals surface area contributed by atoms with Crippen LogP contribution in [0.3, 0.4) is 0 Å². The molecule has 1 aromatic carbocycles. The number of carbonyl (C=O) groups excluding carboxylic acids is 1. The fourth-order valence-corrected chi connectivity index (χ4v) is 2.96. The number of aromatic amines is 1. The molecule has 122 valence electrons. The summed E-state index contributed by atoms with van der Waals surface area (Å²) in [4.78, 5) is 30.3. The first-order chi connectivity index (χ1) is 11.5. The van der Waals surface area contributed by atoms with Gasteiger partial charge in [-0.3, -0.25) is 9.59 Å². The summed E-state index contributed by atoms with van der Waals surface area (Å²) in [6.45, 7) is 1.67. The van der Waals surface area contributed by atoms with Crippen molar-refractivity contribution in [2.45, 2.75) is 13.3 Å². The predicted molar refractivity (Wildman–Crippen MR) is 91.6 cm³/mol. The van der Waals surface area contributed by atoms with Crippen molar-refractivity contribution in [3.05, 3.63) is 68.7 Å². The molecule has 0 fully saturated rings. The first-order valence-corrected chi connectivity index (χ1v) is 8.09. The van der Waals surface area contributed by atoms with Crippen molar-refractivity contribution in [2.75, 3.05) is 5.32 Å². The van der Waals surface area contributed by atoms with Crippen molar-refractivity contribution in [1.82, 2.24) is 9.97 Å². The SMILES string of the molecule is Cc1cc(NC(=O)Cc2nc(-c3ccc(F)cc3)cs2)c[nH]c1=O. The number of hydrogen-bond donors (Lipinski definition) is 2. The minimum atomic E-state index is -0.301. The van der Waals surface area contributed by atoms with E-state index < -0.39 is 0 Å². The zero-order valence-electron chi connectivity index (χ0n) is 12.8. The van der Waals surface area contributed by atoms with E-state index in [1.54, 1.807) is 25.1 Å². The molecule has 5 nitrogen and oxygen atoms in total. The van der Waals surface area contributed by atoms with Crippen LogP contribution in [-0.4, -0.2) is 15.9 Å². The number of carbonyl (C=O) groups is 1. The van der Waals surface area contributed by atoms with Gasteiger partial charge in [-0.15, -0.1) is 11.3 Å². The van der Waals surface area contributed by atoms with Crippen LogP contribution in [0.15, 0.2) is 46.7 Å². The molecule has 7 heteroatoms. The topological polar surface area (TPSA) is 74.8 Å². The summed E-state index contributed by atoms with van der Waals surface area (Å²) in [5, 5.41) is 5.22. The highest BCUT2D eigenvalue weighted by Gasteiger charge is 2.10. The van der Waals surface area contributed by atoms with Crippen LogP contribution >= 0.6 is 11.3 Å². The fourth-order valence-electron chi connectivity index (χ4n) is 2.16. The normalized spacial score (nSPS) is 10.6. The molecule has 1 amide bonds. The quantitative estimate of drug-likeness (QED) is 0.764. The second-order valence-corrected chi connectivity index (χ2v) is 6.20. The van der Waals surface area contributed by atoms with Gasteiger partial charge in [0.2, 0.25) is 5.91 Å². The van der Waals surface area contributed by atoms with Gasteiger partial charge in [0, 0.05) is 22.7 Å². The zero-order valence-corrected chi connectivity index (χ0v) is 13.6. The molecule has 0 atom stereocenters. The van der Waals surface area contributed by atoms with Gasteiger partial charge in [-0.25, -0.2) is 9.37 Å². The Bertz CT molecular complexity index is 932. The largest absolute Gasteiger partial charge is 0.327 e. The third kappa shape index (κ3) is 3.75. The standard InChI is InChI=1S/C17H14FN3O2S/c1-10-6-13(8-19-17(10)23)20-15(22)7-16-21-14(9-24-16)11-2-4-12(18)5-3-11/h2-6,8-9H,7H2,1H3,(H,19,23)(H,20,22). The van der Waals surface area contributed by atoms with Gasteiger partial charge in [0.1, 0.15) is 10.8 Å². The molecule has 0 aliphatic rings. The highest BCUT2D eigenvalue weighted by atomic mass is 32.1. The number of anilines is 1. The van der Waals surface area contributed by atoms with Gasteiger partial charge in [0.15, 0.2) is 0 Å². The number of amides is 1. The highest BCUT2D eigenvalue weighted by molar-refractivity contribution is 7.10. The van der Waals surface area contributed by atoms with E-state index >= 15 is 0 Å². The van der Waals surface area contributed by atoms with Gasteiger partial charge < -0.3 is 10.3 Å². The lowest BCUT2D eigenvalue weighted by atomic mass is 10.2. The third-order valence-corrected chi connectivity index (χ3v) is 4.23. The van der Waals surface area contributed by atoms with E-state index in [0.717, 1.165) is 5.56 Å². The molecule has 2 N–H and O–H groups in total. The lowest BCUT2D eigenvalue weighted by molar-refractivity contribution is -0.115. The molecule has 2 heterocycles. The maximum atomic E-state index is 12.9. The van der Waals surface area contributed by atoms with Crippen LogP contribution in [0.2, 0.25) is 0 Å². The van der Waals surface area contributed by atoms with Crippen LogP contribution in [0.25, 0.3) is 11.3 Å². The summed E-state index contributed by atoms with van der Waals surface area (Å²) in [6.07, 6.45) is 1.59. The summed E-state index contributed by atoms with van der Waals surface area (Å²) < 4.78 is 12.9. The Labute approximate surface area is 141 Å². The Hall–Kier alpha value is -2.80. The lowest BCUT2D eigenvalue weighted by Crippen LogP contribution is -2.16. The van der Waals surface area contributed by atoms with E-state index in [0.29, 0.717) is 22.0 Å². The molecule has 0 saturated heterocycles. The number of nitrogens with zero attached hydrogens (tertiary/aromatic N) is 1. The molecule has 2 aromatic heterocycles. The molecule has 24 heavy (non-hydrogen) atoms. The summed E-state index contributed by atoms with van der Waals surface area (Å²) >= 11 is 1.37. The summed E-state index contributed by atoms with van der Waals surface area (Å²) in [7, 11) is 0. The number of rotatable bonds is 4. The van der Waals surface area contributed by atoms with Crippen molar-refractivity contribution in [2.24, 2.45) is 0 Å². The molecule has 0 saturated carbocycles. The number of halogens is 1. The maximum Gasteiger partial charge on any atom is 0.250 e. The molecule has 0 aliphatic heterocycles. The Kier molecular flexibility index (Phi) is 4.52. The van der Waals surface area contributed by atoms with Gasteiger partial charge >= 0.3 is 0 Å². The smallest absolute Gasteiger partial charge is 0.250 e. The number of pyridine rings is 1. The fraction of sp³-hybridized carbons (Fsp3) is 0.118. The lowest BCUT2D eigenvalue weighted by Gasteiger charge is -2.04. The third-order valence-electron chi connectivity index (χ3n) is 3.38. The molecule has 0 unspecified atom stereocenters. The highest BCUT2D eigenvalue weighted by Crippen LogP contribution is 2.22. The van der Waals surface area contributed by atoms with Gasteiger partial charge in [-0.2, -0.15) is 0 Å². The molecule has 3 rings (SSSR count). The second kappa shape index (κ2) is 6.76. The van der Waals surface area contributed by atoms with E-state index in [2.05, 4.69) is 15.3 Å². The molecule has 0 spiro atoms. The van der Waals surface area contributed by atoms with Gasteiger partial charge in [-0.05, 0) is 37.3 Å². The summed E-state index contributed by atoms with van der Waals surface area (Å²) in [5.41, 5.74) is 2.39. The maximum absolute atomic E-state index is 12.9. The Balaban J connectivity index is 1.67. The van der Waals surface area contributed by atoms with E-state index in [1.165, 1.54) is 29.7 Å². The number of thiazole rings is 1. The first-order valence-electron chi connectivity index (χ1n) is 7.21. The summed E-state index contributed by atoms with van der Waals surface area (Å²) in [6, 6.07) is 7.66. The van der Waals surface area contributed by atoms with E-state index in [9.17, 15) is 14.0 Å². The van der Waals surface area contributed by atoms with Crippen LogP contribution in [0.4, 0.5) is 10.1 Å². The number of benzene rings is 1. The first kappa shape index (κ1) is 16.1. The summed E-state index contributed by atoms with van der Waals surface area (Å²) in [5.74, 6) is -0.522. The van der Waals surface area contributed by atoms with Crippen LogP contribution in [-0.2, 0) is 11.2 Å². The predicted octanol–water partition coefficient (Wildman–Crippen LogP) is 3.13. The minimum absolute atomic E-state index is 0.129. The molecule has 0 bridgehead atoms. The van der Waals surface area contributed by atoms with Crippen LogP contribution < -0.4 is 10.9 Å². The van der Waals surface area contributed by atoms with Crippen LogP contribution in [0, 0.1) is 12.7 Å². The van der Waals surface area contributed by atoms with Crippen LogP contribution in [0.1, 0.15) is 10.6 Å². The Morgan fingerprint density at radius 1 is 1.33 bits per heavy atom. The minimum Gasteiger partial charge on any atom is -0.327 e. The van der Waals surface area contributed by atoms with Crippen LogP contribution in [0.5, 0.6) is 0 Å². The zero-order chi connectivity index (χ0) is 17.1. The number of aromatic nitrogens is 2. The number of aryl methyl sites for hydroxylation is 1. The Morgan fingerprint density at radius 2 is 2.08 bits per heavy atom. The number of H-pyrrole nitrogens is 1. The van der Waals surface area contributed by atoms with Crippen molar-refractivity contribution in [1.29, 1.82) is 0 Å². The van der Waals surface area contributed by atoms with Crippen molar-refractivity contribution in [3.8, 4) is 11.3 Å². The van der Waals surface area contributed by atoms with Crippen molar-refractivity contribution < 1.29 is 9.18 Å². The van der Waals surface area contributed by atoms with E-state index in [4.69, 9.17) is 0 Å². The average molecular weight is 343 g/mol. The van der Waals surface area contributed by atoms with Crippen molar-refractivity contribution in [3.63, 3.8) is 0 Å². The van der Waals surface area contributed by atoms with Gasteiger partial charge in [0.25, 0.3) is 5.56 Å². The molecular weight excluding hydrogens is 329 g/mol. The Morgan fingerprint density at radius 3 is 2.79 bits per heavy atom. The van der Waals surface area contributed by atoms with Gasteiger partial charge in [-0.1, -0.05) is 0 Å². The number of nitrogens with one attached hydrogen (secondary N) is 2. The van der Waals surface area contributed by atoms with E-state index in [1.807, 2.05) is 5.38 Å². The number of hydrogen-bond acceptors (Lipinski definition) is 4. The van der Waals surface area contributed by atoms with E-state index in [-0.39, 0.29) is 23.7 Å².